The van der Waals surface area contributed by atoms with Crippen LogP contribution in [0.4, 0.5) is 11.4 Å². The van der Waals surface area contributed by atoms with Crippen LogP contribution < -0.4 is 10.2 Å². The van der Waals surface area contributed by atoms with Gasteiger partial charge in [-0.1, -0.05) is 35.9 Å². The van der Waals surface area contributed by atoms with Gasteiger partial charge in [-0.15, -0.1) is 0 Å². The van der Waals surface area contributed by atoms with Crippen molar-refractivity contribution >= 4 is 50.8 Å². The highest BCUT2D eigenvalue weighted by atomic mass is 32.2. The largest absolute Gasteiger partial charge is 0.456 e. The van der Waals surface area contributed by atoms with Crippen molar-refractivity contribution in [1.29, 1.82) is 0 Å². The number of esters is 1. The number of ether oxygens (including phenoxy) is 1. The summed E-state index contributed by atoms with van der Waals surface area (Å²) in [5.41, 5.74) is 2.39. The van der Waals surface area contributed by atoms with Gasteiger partial charge in [0, 0.05) is 17.1 Å². The first-order chi connectivity index (χ1) is 16.2. The second kappa shape index (κ2) is 12.0. The molecule has 0 spiro atoms. The maximum absolute atomic E-state index is 12.9. The Morgan fingerprint density at radius 2 is 1.79 bits per heavy atom. The second-order valence-electron chi connectivity index (χ2n) is 8.03. The number of para-hydroxylation sites is 1. The van der Waals surface area contributed by atoms with Crippen LogP contribution in [-0.2, 0) is 29.0 Å². The Balaban J connectivity index is 1.42. The Labute approximate surface area is 204 Å². The van der Waals surface area contributed by atoms with Gasteiger partial charge < -0.3 is 15.0 Å². The first kappa shape index (κ1) is 25.8. The molecule has 1 saturated heterocycles. The van der Waals surface area contributed by atoms with Crippen molar-refractivity contribution in [2.24, 2.45) is 0 Å². The Morgan fingerprint density at radius 3 is 2.44 bits per heavy atom. The maximum atomic E-state index is 12.9. The van der Waals surface area contributed by atoms with Crippen LogP contribution >= 0.6 is 11.8 Å². The van der Waals surface area contributed by atoms with Crippen molar-refractivity contribution in [2.45, 2.75) is 25.8 Å². The number of rotatable bonds is 10. The summed E-state index contributed by atoms with van der Waals surface area (Å²) >= 11 is 1.29. The third-order valence-electron chi connectivity index (χ3n) is 5.25. The minimum Gasteiger partial charge on any atom is -0.456 e. The Kier molecular flexibility index (Phi) is 9.12. The first-order valence-electron chi connectivity index (χ1n) is 10.9. The SMILES string of the molecule is Cc1ccc(NC(=O)CSCCC(=O)OCC(=O)N(c2ccccc2)[C@@H]2CCS(=O)(=O)C2)cc1. The molecule has 0 aromatic heterocycles. The van der Waals surface area contributed by atoms with Crippen LogP contribution in [0.15, 0.2) is 54.6 Å². The van der Waals surface area contributed by atoms with E-state index in [1.54, 1.807) is 30.3 Å². The third-order valence-corrected chi connectivity index (χ3v) is 7.96. The van der Waals surface area contributed by atoms with Crippen LogP contribution in [0.1, 0.15) is 18.4 Å². The number of benzene rings is 2. The van der Waals surface area contributed by atoms with Gasteiger partial charge in [-0.2, -0.15) is 11.8 Å². The highest BCUT2D eigenvalue weighted by Crippen LogP contribution is 2.24. The third kappa shape index (κ3) is 7.88. The second-order valence-corrected chi connectivity index (χ2v) is 11.4. The van der Waals surface area contributed by atoms with E-state index in [9.17, 15) is 22.8 Å². The number of hydrogen-bond acceptors (Lipinski definition) is 7. The average molecular weight is 505 g/mol. The fourth-order valence-corrected chi connectivity index (χ4v) is 5.98. The van der Waals surface area contributed by atoms with Crippen molar-refractivity contribution in [1.82, 2.24) is 0 Å². The Hall–Kier alpha value is -2.85. The summed E-state index contributed by atoms with van der Waals surface area (Å²) in [4.78, 5) is 38.4. The van der Waals surface area contributed by atoms with E-state index in [1.807, 2.05) is 31.2 Å². The van der Waals surface area contributed by atoms with Gasteiger partial charge in [0.2, 0.25) is 5.91 Å². The molecule has 0 saturated carbocycles. The van der Waals surface area contributed by atoms with Crippen LogP contribution in [0.3, 0.4) is 0 Å². The van der Waals surface area contributed by atoms with Crippen LogP contribution in [0, 0.1) is 6.92 Å². The van der Waals surface area contributed by atoms with E-state index in [-0.39, 0.29) is 29.6 Å². The summed E-state index contributed by atoms with van der Waals surface area (Å²) in [6.45, 7) is 1.50. The Bertz CT molecular complexity index is 1100. The maximum Gasteiger partial charge on any atom is 0.307 e. The lowest BCUT2D eigenvalue weighted by Gasteiger charge is -2.28. The molecule has 0 aliphatic carbocycles. The topological polar surface area (TPSA) is 110 Å². The number of carbonyl (C=O) groups excluding carboxylic acids is 3. The van der Waals surface area contributed by atoms with Crippen LogP contribution in [0.25, 0.3) is 0 Å². The van der Waals surface area contributed by atoms with E-state index < -0.39 is 34.4 Å². The van der Waals surface area contributed by atoms with Crippen LogP contribution in [0.5, 0.6) is 0 Å². The summed E-state index contributed by atoms with van der Waals surface area (Å²) in [6, 6.07) is 15.8. The predicted octanol–water partition coefficient (Wildman–Crippen LogP) is 2.82. The highest BCUT2D eigenvalue weighted by Gasteiger charge is 2.35. The molecule has 1 heterocycles. The number of thioether (sulfide) groups is 1. The number of nitrogens with zero attached hydrogens (tertiary/aromatic N) is 1. The smallest absolute Gasteiger partial charge is 0.307 e. The highest BCUT2D eigenvalue weighted by molar-refractivity contribution is 7.99. The van der Waals surface area contributed by atoms with Crippen molar-refractivity contribution in [2.75, 3.05) is 39.8 Å². The lowest BCUT2D eigenvalue weighted by molar-refractivity contribution is -0.147. The molecular weight excluding hydrogens is 476 g/mol. The van der Waals surface area contributed by atoms with Gasteiger partial charge in [-0.3, -0.25) is 14.4 Å². The minimum absolute atomic E-state index is 0.0305. The van der Waals surface area contributed by atoms with Crippen molar-refractivity contribution < 1.29 is 27.5 Å². The van der Waals surface area contributed by atoms with E-state index in [2.05, 4.69) is 5.32 Å². The zero-order valence-electron chi connectivity index (χ0n) is 18.9. The van der Waals surface area contributed by atoms with Gasteiger partial charge >= 0.3 is 5.97 Å². The molecule has 1 N–H and O–H groups in total. The fourth-order valence-electron chi connectivity index (χ4n) is 3.56. The fraction of sp³-hybridized carbons (Fsp3) is 0.375. The van der Waals surface area contributed by atoms with Crippen molar-refractivity contribution in [3.8, 4) is 0 Å². The van der Waals surface area contributed by atoms with Crippen LogP contribution in [-0.4, -0.2) is 61.9 Å². The van der Waals surface area contributed by atoms with Gasteiger partial charge in [0.1, 0.15) is 0 Å². The van der Waals surface area contributed by atoms with Gasteiger partial charge in [-0.05, 0) is 37.6 Å². The molecule has 8 nitrogen and oxygen atoms in total. The van der Waals surface area contributed by atoms with Crippen molar-refractivity contribution in [3.05, 3.63) is 60.2 Å². The molecule has 1 aliphatic rings. The summed E-state index contributed by atoms with van der Waals surface area (Å²) in [6.07, 6.45) is 0.400. The number of hydrogen-bond donors (Lipinski definition) is 1. The molecule has 3 rings (SSSR count). The van der Waals surface area contributed by atoms with Crippen LogP contribution in [0.2, 0.25) is 0 Å². The average Bonchev–Trinajstić information content (AvgIpc) is 3.16. The van der Waals surface area contributed by atoms with E-state index >= 15 is 0 Å². The molecule has 2 aromatic carbocycles. The number of amides is 2. The van der Waals surface area contributed by atoms with Crippen molar-refractivity contribution in [3.63, 3.8) is 0 Å². The molecule has 2 aromatic rings. The standard InChI is InChI=1S/C24H28N2O6S2/c1-18-7-9-19(10-8-18)25-22(27)16-33-13-11-24(29)32-15-23(28)26(20-5-3-2-4-6-20)21-12-14-34(30,31)17-21/h2-10,21H,11-17H2,1H3,(H,25,27)/t21-/m1/s1. The molecule has 1 aliphatic heterocycles. The van der Waals surface area contributed by atoms with Gasteiger partial charge in [-0.25, -0.2) is 8.42 Å². The Morgan fingerprint density at radius 1 is 1.09 bits per heavy atom. The summed E-state index contributed by atoms with van der Waals surface area (Å²) in [5, 5.41) is 2.79. The molecule has 0 radical (unpaired) electrons. The van der Waals surface area contributed by atoms with Gasteiger partial charge in [0.15, 0.2) is 16.4 Å². The van der Waals surface area contributed by atoms with Gasteiger partial charge in [0.25, 0.3) is 5.91 Å². The predicted molar refractivity (Wildman–Crippen MR) is 134 cm³/mol. The zero-order chi connectivity index (χ0) is 24.6. The molecule has 2 amide bonds. The zero-order valence-corrected chi connectivity index (χ0v) is 20.6. The van der Waals surface area contributed by atoms with E-state index in [0.29, 0.717) is 23.5 Å². The molecule has 1 atom stereocenters. The minimum atomic E-state index is -3.19. The van der Waals surface area contributed by atoms with E-state index in [1.165, 1.54) is 16.7 Å². The molecular formula is C24H28N2O6S2. The summed E-state index contributed by atoms with van der Waals surface area (Å²) in [7, 11) is -3.19. The lowest BCUT2D eigenvalue weighted by atomic mass is 10.2. The summed E-state index contributed by atoms with van der Waals surface area (Å²) < 4.78 is 29.0. The monoisotopic (exact) mass is 504 g/mol. The number of aryl methyl sites for hydroxylation is 1. The molecule has 0 bridgehead atoms. The molecule has 34 heavy (non-hydrogen) atoms. The molecule has 0 unspecified atom stereocenters. The molecule has 10 heteroatoms. The quantitative estimate of drug-likeness (QED) is 0.391. The van der Waals surface area contributed by atoms with E-state index in [0.717, 1.165) is 5.56 Å². The summed E-state index contributed by atoms with van der Waals surface area (Å²) in [5.74, 6) is -0.692. The molecule has 182 valence electrons. The molecule has 1 fully saturated rings. The first-order valence-corrected chi connectivity index (χ1v) is 13.9. The number of nitrogens with one attached hydrogen (secondary N) is 1. The van der Waals surface area contributed by atoms with Gasteiger partial charge in [0.05, 0.1) is 29.7 Å². The number of sulfone groups is 1. The normalized spacial score (nSPS) is 16.6. The number of carbonyl (C=O) groups is 3. The lowest BCUT2D eigenvalue weighted by Crippen LogP contribution is -2.43. The number of anilines is 2. The van der Waals surface area contributed by atoms with E-state index in [4.69, 9.17) is 4.74 Å².